The Hall–Kier alpha value is -2.07. The molecule has 1 amide bonds. The second-order valence-electron chi connectivity index (χ2n) is 4.05. The zero-order chi connectivity index (χ0) is 14.0. The van der Waals surface area contributed by atoms with Gasteiger partial charge in [0.15, 0.2) is 0 Å². The van der Waals surface area contributed by atoms with Gasteiger partial charge < -0.3 is 10.6 Å². The van der Waals surface area contributed by atoms with Gasteiger partial charge in [-0.05, 0) is 30.3 Å². The average Bonchev–Trinajstić information content (AvgIpc) is 2.40. The molecule has 0 fully saturated rings. The Morgan fingerprint density at radius 1 is 1.26 bits per heavy atom. The fourth-order valence-corrected chi connectivity index (χ4v) is 1.92. The number of amides is 1. The molecule has 2 aromatic carbocycles. The zero-order valence-corrected chi connectivity index (χ0v) is 11.0. The molecule has 0 aliphatic carbocycles. The number of nitrogens with zero attached hydrogens (tertiary/aromatic N) is 1. The quantitative estimate of drug-likeness (QED) is 0.857. The lowest BCUT2D eigenvalue weighted by molar-refractivity contribution is 0.0989. The summed E-state index contributed by atoms with van der Waals surface area (Å²) in [5.74, 6) is -1.12. The molecule has 0 aliphatic rings. The number of carbonyl (C=O) groups excluding carboxylic acids is 1. The van der Waals surface area contributed by atoms with Crippen molar-refractivity contribution in [3.8, 4) is 0 Å². The molecule has 2 aromatic rings. The molecular weight excluding hydrogens is 267 g/mol. The van der Waals surface area contributed by atoms with Crippen LogP contribution < -0.4 is 10.6 Å². The summed E-state index contributed by atoms with van der Waals surface area (Å²) in [4.78, 5) is 13.5. The maximum Gasteiger partial charge on any atom is 0.261 e. The van der Waals surface area contributed by atoms with Gasteiger partial charge in [-0.1, -0.05) is 23.7 Å². The highest BCUT2D eigenvalue weighted by atomic mass is 35.5. The van der Waals surface area contributed by atoms with Crippen molar-refractivity contribution in [2.45, 2.75) is 0 Å². The van der Waals surface area contributed by atoms with Crippen LogP contribution in [-0.2, 0) is 0 Å². The molecule has 2 rings (SSSR count). The van der Waals surface area contributed by atoms with Gasteiger partial charge in [-0.3, -0.25) is 4.79 Å². The van der Waals surface area contributed by atoms with Crippen LogP contribution in [0.5, 0.6) is 0 Å². The summed E-state index contributed by atoms with van der Waals surface area (Å²) >= 11 is 5.78. The minimum Gasteiger partial charge on any atom is -0.397 e. The normalized spacial score (nSPS) is 10.3. The van der Waals surface area contributed by atoms with Gasteiger partial charge in [0.25, 0.3) is 5.91 Å². The van der Waals surface area contributed by atoms with E-state index in [9.17, 15) is 9.18 Å². The Morgan fingerprint density at radius 2 is 1.95 bits per heavy atom. The molecule has 0 bridgehead atoms. The van der Waals surface area contributed by atoms with Gasteiger partial charge in [0.2, 0.25) is 0 Å². The fourth-order valence-electron chi connectivity index (χ4n) is 1.74. The zero-order valence-electron chi connectivity index (χ0n) is 10.2. The standard InChI is InChI=1S/C14H12ClFN2O/c1-18(13-5-3-2-4-12(13)17)14(19)10-8-9(15)6-7-11(10)16/h2-8H,17H2,1H3. The number of anilines is 2. The van der Waals surface area contributed by atoms with E-state index >= 15 is 0 Å². The number of rotatable bonds is 2. The molecule has 3 nitrogen and oxygen atoms in total. The number of benzene rings is 2. The first-order valence-electron chi connectivity index (χ1n) is 5.58. The lowest BCUT2D eigenvalue weighted by atomic mass is 10.1. The van der Waals surface area contributed by atoms with Crippen molar-refractivity contribution in [1.82, 2.24) is 0 Å². The topological polar surface area (TPSA) is 46.3 Å². The minimum absolute atomic E-state index is 0.0850. The lowest BCUT2D eigenvalue weighted by Crippen LogP contribution is -2.27. The molecule has 0 aromatic heterocycles. The molecule has 19 heavy (non-hydrogen) atoms. The predicted molar refractivity (Wildman–Crippen MR) is 75.0 cm³/mol. The van der Waals surface area contributed by atoms with Crippen LogP contribution in [0.25, 0.3) is 0 Å². The second-order valence-corrected chi connectivity index (χ2v) is 4.48. The molecule has 0 aliphatic heterocycles. The summed E-state index contributed by atoms with van der Waals surface area (Å²) in [7, 11) is 1.54. The predicted octanol–water partition coefficient (Wildman–Crippen LogP) is 3.34. The van der Waals surface area contributed by atoms with Crippen LogP contribution in [0.15, 0.2) is 42.5 Å². The van der Waals surface area contributed by atoms with Crippen LogP contribution in [0.4, 0.5) is 15.8 Å². The summed E-state index contributed by atoms with van der Waals surface area (Å²) in [6, 6.07) is 10.7. The van der Waals surface area contributed by atoms with E-state index in [2.05, 4.69) is 0 Å². The van der Waals surface area contributed by atoms with Gasteiger partial charge >= 0.3 is 0 Å². The molecule has 0 saturated heterocycles. The van der Waals surface area contributed by atoms with Gasteiger partial charge in [-0.25, -0.2) is 4.39 Å². The van der Waals surface area contributed by atoms with Crippen LogP contribution in [0.3, 0.4) is 0 Å². The molecule has 2 N–H and O–H groups in total. The number of halogens is 2. The minimum atomic E-state index is -0.615. The Balaban J connectivity index is 2.39. The van der Waals surface area contributed by atoms with Gasteiger partial charge in [0.05, 0.1) is 16.9 Å². The van der Waals surface area contributed by atoms with Crippen molar-refractivity contribution < 1.29 is 9.18 Å². The Labute approximate surface area is 115 Å². The van der Waals surface area contributed by atoms with E-state index in [1.165, 1.54) is 24.1 Å². The van der Waals surface area contributed by atoms with Crippen LogP contribution in [-0.4, -0.2) is 13.0 Å². The van der Waals surface area contributed by atoms with E-state index in [0.717, 1.165) is 6.07 Å². The van der Waals surface area contributed by atoms with E-state index in [4.69, 9.17) is 17.3 Å². The van der Waals surface area contributed by atoms with E-state index in [0.29, 0.717) is 16.4 Å². The Bertz CT molecular complexity index is 631. The molecule has 5 heteroatoms. The van der Waals surface area contributed by atoms with Crippen molar-refractivity contribution in [2.75, 3.05) is 17.7 Å². The first-order chi connectivity index (χ1) is 9.00. The number of carbonyl (C=O) groups is 1. The third kappa shape index (κ3) is 2.69. The molecule has 0 spiro atoms. The number of para-hydroxylation sites is 2. The number of nitrogens with two attached hydrogens (primary N) is 1. The third-order valence-electron chi connectivity index (χ3n) is 2.76. The molecule has 0 heterocycles. The summed E-state index contributed by atoms with van der Waals surface area (Å²) in [5, 5.41) is 0.305. The largest absolute Gasteiger partial charge is 0.397 e. The van der Waals surface area contributed by atoms with Crippen LogP contribution in [0.1, 0.15) is 10.4 Å². The molecule has 0 atom stereocenters. The second kappa shape index (κ2) is 5.28. The van der Waals surface area contributed by atoms with Gasteiger partial charge in [0.1, 0.15) is 5.82 Å². The first kappa shape index (κ1) is 13.4. The molecular formula is C14H12ClFN2O. The van der Waals surface area contributed by atoms with E-state index in [1.807, 2.05) is 0 Å². The fraction of sp³-hybridized carbons (Fsp3) is 0.0714. The SMILES string of the molecule is CN(C(=O)c1cc(Cl)ccc1F)c1ccccc1N. The number of hydrogen-bond donors (Lipinski definition) is 1. The monoisotopic (exact) mass is 278 g/mol. The first-order valence-corrected chi connectivity index (χ1v) is 5.96. The van der Waals surface area contributed by atoms with Crippen LogP contribution in [0.2, 0.25) is 5.02 Å². The Kier molecular flexibility index (Phi) is 3.71. The number of nitrogen functional groups attached to an aromatic ring is 1. The third-order valence-corrected chi connectivity index (χ3v) is 3.00. The maximum absolute atomic E-state index is 13.7. The summed E-state index contributed by atoms with van der Waals surface area (Å²) in [6.07, 6.45) is 0. The maximum atomic E-state index is 13.7. The van der Waals surface area contributed by atoms with Crippen molar-refractivity contribution in [1.29, 1.82) is 0 Å². The molecule has 0 saturated carbocycles. The van der Waals surface area contributed by atoms with Crippen molar-refractivity contribution in [2.24, 2.45) is 0 Å². The summed E-state index contributed by atoms with van der Waals surface area (Å²) < 4.78 is 13.7. The Morgan fingerprint density at radius 3 is 2.63 bits per heavy atom. The summed E-state index contributed by atoms with van der Waals surface area (Å²) in [6.45, 7) is 0. The van der Waals surface area contributed by atoms with Gasteiger partial charge in [-0.2, -0.15) is 0 Å². The average molecular weight is 279 g/mol. The summed E-state index contributed by atoms with van der Waals surface area (Å²) in [5.41, 5.74) is 6.67. The van der Waals surface area contributed by atoms with Crippen LogP contribution >= 0.6 is 11.6 Å². The van der Waals surface area contributed by atoms with Crippen molar-refractivity contribution in [3.63, 3.8) is 0 Å². The van der Waals surface area contributed by atoms with Crippen LogP contribution in [0, 0.1) is 5.82 Å². The highest BCUT2D eigenvalue weighted by molar-refractivity contribution is 6.31. The molecule has 0 radical (unpaired) electrons. The van der Waals surface area contributed by atoms with E-state index in [-0.39, 0.29) is 5.56 Å². The highest BCUT2D eigenvalue weighted by Crippen LogP contribution is 2.24. The van der Waals surface area contributed by atoms with Crippen molar-refractivity contribution in [3.05, 3.63) is 58.9 Å². The molecule has 0 unspecified atom stereocenters. The lowest BCUT2D eigenvalue weighted by Gasteiger charge is -2.19. The van der Waals surface area contributed by atoms with E-state index < -0.39 is 11.7 Å². The van der Waals surface area contributed by atoms with E-state index in [1.54, 1.807) is 24.3 Å². The highest BCUT2D eigenvalue weighted by Gasteiger charge is 2.19. The molecule has 98 valence electrons. The van der Waals surface area contributed by atoms with Gasteiger partial charge in [0, 0.05) is 12.1 Å². The number of hydrogen-bond acceptors (Lipinski definition) is 2. The van der Waals surface area contributed by atoms with Gasteiger partial charge in [-0.15, -0.1) is 0 Å². The smallest absolute Gasteiger partial charge is 0.261 e. The van der Waals surface area contributed by atoms with Crippen molar-refractivity contribution >= 4 is 28.9 Å².